The van der Waals surface area contributed by atoms with E-state index in [1.807, 2.05) is 38.1 Å². The van der Waals surface area contributed by atoms with Crippen LogP contribution in [0.2, 0.25) is 0 Å². The van der Waals surface area contributed by atoms with Crippen molar-refractivity contribution < 1.29 is 19.1 Å². The summed E-state index contributed by atoms with van der Waals surface area (Å²) in [5.41, 5.74) is 3.61. The molecular formula is C22H27NO4S. The standard InChI is InChI=1S/C22H27NO4S/c1-14-6-8-21(27-5)19(10-14)15(2)23-22(25)13-28-12-18-11-17(16(3)24)7-9-20(18)26-4/h6-11,15H,12-13H2,1-5H3,(H,23,25)/t15-/m0/s1. The quantitative estimate of drug-likeness (QED) is 0.634. The number of methoxy groups -OCH3 is 2. The Labute approximate surface area is 170 Å². The molecule has 1 atom stereocenters. The maximum absolute atomic E-state index is 12.4. The van der Waals surface area contributed by atoms with Crippen LogP contribution in [0.4, 0.5) is 0 Å². The van der Waals surface area contributed by atoms with Crippen molar-refractivity contribution in [3.8, 4) is 11.5 Å². The van der Waals surface area contributed by atoms with Crippen molar-refractivity contribution in [2.24, 2.45) is 0 Å². The molecule has 0 radical (unpaired) electrons. The first-order chi connectivity index (χ1) is 13.3. The lowest BCUT2D eigenvalue weighted by Gasteiger charge is -2.18. The van der Waals surface area contributed by atoms with Gasteiger partial charge < -0.3 is 14.8 Å². The minimum absolute atomic E-state index is 0.00701. The number of ketones is 1. The molecule has 0 heterocycles. The molecule has 0 aliphatic rings. The Kier molecular flexibility index (Phi) is 7.93. The predicted molar refractivity (Wildman–Crippen MR) is 113 cm³/mol. The van der Waals surface area contributed by atoms with Crippen LogP contribution in [-0.4, -0.2) is 31.7 Å². The zero-order valence-electron chi connectivity index (χ0n) is 17.0. The number of rotatable bonds is 9. The van der Waals surface area contributed by atoms with Gasteiger partial charge >= 0.3 is 0 Å². The monoisotopic (exact) mass is 401 g/mol. The molecule has 150 valence electrons. The molecule has 0 saturated heterocycles. The van der Waals surface area contributed by atoms with E-state index in [1.165, 1.54) is 18.7 Å². The average Bonchev–Trinajstić information content (AvgIpc) is 2.67. The van der Waals surface area contributed by atoms with E-state index in [4.69, 9.17) is 9.47 Å². The van der Waals surface area contributed by atoms with Gasteiger partial charge in [-0.1, -0.05) is 17.7 Å². The van der Waals surface area contributed by atoms with Crippen LogP contribution in [0.3, 0.4) is 0 Å². The molecule has 0 aliphatic carbocycles. The maximum Gasteiger partial charge on any atom is 0.230 e. The highest BCUT2D eigenvalue weighted by Gasteiger charge is 2.15. The third-order valence-electron chi connectivity index (χ3n) is 4.41. The largest absolute Gasteiger partial charge is 0.496 e. The van der Waals surface area contributed by atoms with Crippen LogP contribution < -0.4 is 14.8 Å². The van der Waals surface area contributed by atoms with E-state index in [0.717, 1.165) is 28.2 Å². The fraction of sp³-hybridized carbons (Fsp3) is 0.364. The molecule has 0 saturated carbocycles. The van der Waals surface area contributed by atoms with Crippen molar-refractivity contribution in [1.82, 2.24) is 5.32 Å². The van der Waals surface area contributed by atoms with Gasteiger partial charge in [-0.15, -0.1) is 11.8 Å². The van der Waals surface area contributed by atoms with Crippen molar-refractivity contribution in [1.29, 1.82) is 0 Å². The molecule has 0 aliphatic heterocycles. The summed E-state index contributed by atoms with van der Waals surface area (Å²) in [5, 5.41) is 3.02. The highest BCUT2D eigenvalue weighted by Crippen LogP contribution is 2.27. The van der Waals surface area contributed by atoms with E-state index in [2.05, 4.69) is 5.32 Å². The molecule has 2 aromatic carbocycles. The van der Waals surface area contributed by atoms with Crippen molar-refractivity contribution in [2.45, 2.75) is 32.6 Å². The number of benzene rings is 2. The summed E-state index contributed by atoms with van der Waals surface area (Å²) in [6.07, 6.45) is 0. The zero-order chi connectivity index (χ0) is 20.7. The van der Waals surface area contributed by atoms with Crippen LogP contribution in [-0.2, 0) is 10.5 Å². The van der Waals surface area contributed by atoms with Crippen molar-refractivity contribution in [3.63, 3.8) is 0 Å². The highest BCUT2D eigenvalue weighted by molar-refractivity contribution is 7.99. The molecule has 0 fully saturated rings. The number of thioether (sulfide) groups is 1. The topological polar surface area (TPSA) is 64.6 Å². The maximum atomic E-state index is 12.4. The van der Waals surface area contributed by atoms with Gasteiger partial charge in [-0.3, -0.25) is 9.59 Å². The van der Waals surface area contributed by atoms with Crippen LogP contribution >= 0.6 is 11.8 Å². The van der Waals surface area contributed by atoms with Crippen LogP contribution in [0.5, 0.6) is 11.5 Å². The Morgan fingerprint density at radius 2 is 1.75 bits per heavy atom. The van der Waals surface area contributed by atoms with E-state index in [1.54, 1.807) is 26.4 Å². The summed E-state index contributed by atoms with van der Waals surface area (Å²) in [7, 11) is 3.22. The van der Waals surface area contributed by atoms with Crippen molar-refractivity contribution in [3.05, 3.63) is 58.7 Å². The lowest BCUT2D eigenvalue weighted by molar-refractivity contribution is -0.119. The number of aryl methyl sites for hydroxylation is 1. The van der Waals surface area contributed by atoms with E-state index in [0.29, 0.717) is 17.1 Å². The lowest BCUT2D eigenvalue weighted by Crippen LogP contribution is -2.28. The number of nitrogens with one attached hydrogen (secondary N) is 1. The number of Topliss-reactive ketones (excluding diaryl/α,β-unsaturated/α-hetero) is 1. The van der Waals surface area contributed by atoms with Crippen molar-refractivity contribution >= 4 is 23.5 Å². The van der Waals surface area contributed by atoms with Crippen LogP contribution in [0.15, 0.2) is 36.4 Å². The fourth-order valence-corrected chi connectivity index (χ4v) is 3.73. The molecule has 5 nitrogen and oxygen atoms in total. The fourth-order valence-electron chi connectivity index (χ4n) is 2.92. The van der Waals surface area contributed by atoms with Crippen molar-refractivity contribution in [2.75, 3.05) is 20.0 Å². The van der Waals surface area contributed by atoms with Gasteiger partial charge in [0.15, 0.2) is 5.78 Å². The molecule has 0 aromatic heterocycles. The van der Waals surface area contributed by atoms with E-state index in [9.17, 15) is 9.59 Å². The number of ether oxygens (including phenoxy) is 2. The number of hydrogen-bond acceptors (Lipinski definition) is 5. The molecule has 2 rings (SSSR count). The summed E-state index contributed by atoms with van der Waals surface area (Å²) in [6, 6.07) is 11.1. The van der Waals surface area contributed by atoms with Crippen LogP contribution in [0, 0.1) is 6.92 Å². The van der Waals surface area contributed by atoms with Gasteiger partial charge in [0.1, 0.15) is 11.5 Å². The Bertz CT molecular complexity index is 850. The van der Waals surface area contributed by atoms with Gasteiger partial charge in [-0.2, -0.15) is 0 Å². The van der Waals surface area contributed by atoms with Gasteiger partial charge in [0.2, 0.25) is 5.91 Å². The molecule has 0 bridgehead atoms. The van der Waals surface area contributed by atoms with Gasteiger partial charge in [0, 0.05) is 22.4 Å². The number of amides is 1. The van der Waals surface area contributed by atoms with Gasteiger partial charge in [-0.05, 0) is 45.0 Å². The number of carbonyl (C=O) groups excluding carboxylic acids is 2. The highest BCUT2D eigenvalue weighted by atomic mass is 32.2. The predicted octanol–water partition coefficient (Wildman–Crippen LogP) is 4.33. The summed E-state index contributed by atoms with van der Waals surface area (Å²) < 4.78 is 10.8. The minimum Gasteiger partial charge on any atom is -0.496 e. The molecular weight excluding hydrogens is 374 g/mol. The van der Waals surface area contributed by atoms with Crippen LogP contribution in [0.25, 0.3) is 0 Å². The Hall–Kier alpha value is -2.47. The molecule has 28 heavy (non-hydrogen) atoms. The lowest BCUT2D eigenvalue weighted by atomic mass is 10.0. The summed E-state index contributed by atoms with van der Waals surface area (Å²) in [5.74, 6) is 2.33. The molecule has 1 amide bonds. The van der Waals surface area contributed by atoms with Gasteiger partial charge in [-0.25, -0.2) is 0 Å². The summed E-state index contributed by atoms with van der Waals surface area (Å²) in [6.45, 7) is 5.49. The Morgan fingerprint density at radius 1 is 1.07 bits per heavy atom. The Morgan fingerprint density at radius 3 is 2.39 bits per heavy atom. The minimum atomic E-state index is -0.154. The number of hydrogen-bond donors (Lipinski definition) is 1. The first-order valence-corrected chi connectivity index (χ1v) is 10.2. The molecule has 2 aromatic rings. The van der Waals surface area contributed by atoms with E-state index < -0.39 is 0 Å². The average molecular weight is 402 g/mol. The molecule has 0 spiro atoms. The van der Waals surface area contributed by atoms with Gasteiger partial charge in [0.05, 0.1) is 26.0 Å². The third kappa shape index (κ3) is 5.76. The summed E-state index contributed by atoms with van der Waals surface area (Å²) in [4.78, 5) is 24.0. The van der Waals surface area contributed by atoms with Crippen LogP contribution in [0.1, 0.15) is 46.9 Å². The smallest absolute Gasteiger partial charge is 0.230 e. The second-order valence-corrected chi connectivity index (χ2v) is 7.60. The second-order valence-electron chi connectivity index (χ2n) is 6.61. The number of carbonyl (C=O) groups is 2. The van der Waals surface area contributed by atoms with Gasteiger partial charge in [0.25, 0.3) is 0 Å². The normalized spacial score (nSPS) is 11.6. The van der Waals surface area contributed by atoms with E-state index >= 15 is 0 Å². The SMILES string of the molecule is COc1ccc(C(C)=O)cc1CSCC(=O)N[C@@H](C)c1cc(C)ccc1OC. The first kappa shape index (κ1) is 21.8. The summed E-state index contributed by atoms with van der Waals surface area (Å²) >= 11 is 1.48. The molecule has 0 unspecified atom stereocenters. The second kappa shape index (κ2) is 10.2. The molecule has 6 heteroatoms. The van der Waals surface area contributed by atoms with E-state index in [-0.39, 0.29) is 17.7 Å². The third-order valence-corrected chi connectivity index (χ3v) is 5.39. The zero-order valence-corrected chi connectivity index (χ0v) is 17.8. The first-order valence-electron chi connectivity index (χ1n) is 9.05. The molecule has 1 N–H and O–H groups in total. The Balaban J connectivity index is 1.95.